The van der Waals surface area contributed by atoms with Crippen molar-refractivity contribution in [3.63, 3.8) is 0 Å². The topological polar surface area (TPSA) is 91.2 Å². The van der Waals surface area contributed by atoms with Crippen molar-refractivity contribution < 1.29 is 14.4 Å². The minimum absolute atomic E-state index is 0.0820. The van der Waals surface area contributed by atoms with Crippen LogP contribution in [-0.2, 0) is 4.79 Å². The summed E-state index contributed by atoms with van der Waals surface area (Å²) in [5, 5.41) is 4.56. The van der Waals surface area contributed by atoms with Crippen molar-refractivity contribution in [1.29, 1.82) is 0 Å². The number of aryl methyl sites for hydroxylation is 1. The molecule has 0 saturated heterocycles. The molecule has 8 heteroatoms. The zero-order valence-electron chi connectivity index (χ0n) is 12.4. The highest BCUT2D eigenvalue weighted by Crippen LogP contribution is 2.18. The van der Waals surface area contributed by atoms with Gasteiger partial charge in [-0.05, 0) is 30.0 Å². The molecule has 0 spiro atoms. The number of thiophene rings is 1. The Morgan fingerprint density at radius 2 is 2.26 bits per heavy atom. The molecule has 3 heterocycles. The van der Waals surface area contributed by atoms with E-state index in [-0.39, 0.29) is 30.7 Å². The molecule has 0 aromatic carbocycles. The van der Waals surface area contributed by atoms with E-state index in [0.717, 1.165) is 10.5 Å². The number of rotatable bonds is 4. The minimum Gasteiger partial charge on any atom is -0.350 e. The fourth-order valence-corrected chi connectivity index (χ4v) is 3.17. The molecule has 118 valence electrons. The molecule has 0 bridgehead atoms. The van der Waals surface area contributed by atoms with Crippen LogP contribution < -0.4 is 5.32 Å². The predicted octanol–water partition coefficient (Wildman–Crippen LogP) is 1.40. The van der Waals surface area contributed by atoms with Gasteiger partial charge in [0, 0.05) is 19.3 Å². The summed E-state index contributed by atoms with van der Waals surface area (Å²) in [6.45, 7) is 2.12. The highest BCUT2D eigenvalue weighted by Gasteiger charge is 2.36. The summed E-state index contributed by atoms with van der Waals surface area (Å²) in [5.74, 6) is -0.972. The smallest absolute Gasteiger partial charge is 0.350 e. The van der Waals surface area contributed by atoms with Crippen LogP contribution in [0.1, 0.15) is 15.2 Å². The van der Waals surface area contributed by atoms with Crippen LogP contribution >= 0.6 is 11.3 Å². The van der Waals surface area contributed by atoms with Gasteiger partial charge in [-0.2, -0.15) is 4.99 Å². The Bertz CT molecular complexity index is 763. The van der Waals surface area contributed by atoms with Crippen LogP contribution in [0.15, 0.2) is 33.6 Å². The van der Waals surface area contributed by atoms with Crippen LogP contribution in [0.25, 0.3) is 0 Å². The van der Waals surface area contributed by atoms with E-state index in [2.05, 4.69) is 15.3 Å². The fourth-order valence-electron chi connectivity index (χ4n) is 2.33. The van der Waals surface area contributed by atoms with Gasteiger partial charge in [-0.25, -0.2) is 9.79 Å². The first-order chi connectivity index (χ1) is 11.1. The van der Waals surface area contributed by atoms with Crippen LogP contribution in [0.2, 0.25) is 0 Å². The van der Waals surface area contributed by atoms with Crippen LogP contribution in [0.3, 0.4) is 0 Å². The monoisotopic (exact) mass is 330 g/mol. The molecular weight excluding hydrogens is 316 g/mol. The van der Waals surface area contributed by atoms with Crippen LogP contribution in [0, 0.1) is 12.8 Å². The Labute approximate surface area is 136 Å². The third kappa shape index (κ3) is 2.98. The van der Waals surface area contributed by atoms with E-state index in [1.54, 1.807) is 12.2 Å². The summed E-state index contributed by atoms with van der Waals surface area (Å²) >= 11 is 1.35. The number of nitrogens with one attached hydrogen (secondary N) is 1. The van der Waals surface area contributed by atoms with Gasteiger partial charge in [0.15, 0.2) is 0 Å². The Morgan fingerprint density at radius 1 is 1.43 bits per heavy atom. The molecule has 1 N–H and O–H groups in total. The van der Waals surface area contributed by atoms with Gasteiger partial charge in [0.25, 0.3) is 5.91 Å². The van der Waals surface area contributed by atoms with Crippen molar-refractivity contribution in [3.8, 4) is 0 Å². The predicted molar refractivity (Wildman–Crippen MR) is 87.1 cm³/mol. The van der Waals surface area contributed by atoms with E-state index in [1.807, 2.05) is 18.4 Å². The molecule has 2 aliphatic rings. The number of carbonyl (C=O) groups excluding carboxylic acids is 3. The van der Waals surface area contributed by atoms with Crippen molar-refractivity contribution in [3.05, 3.63) is 34.0 Å². The third-order valence-electron chi connectivity index (χ3n) is 3.54. The second kappa shape index (κ2) is 6.25. The van der Waals surface area contributed by atoms with Gasteiger partial charge < -0.3 is 5.32 Å². The first-order valence-electron chi connectivity index (χ1n) is 7.05. The molecule has 0 saturated carbocycles. The van der Waals surface area contributed by atoms with Crippen LogP contribution in [-0.4, -0.2) is 47.9 Å². The first-order valence-corrected chi connectivity index (χ1v) is 7.93. The number of nitrogens with zero attached hydrogens (tertiary/aromatic N) is 3. The molecule has 3 rings (SSSR count). The van der Waals surface area contributed by atoms with Gasteiger partial charge in [-0.3, -0.25) is 14.5 Å². The molecule has 1 aromatic rings. The van der Waals surface area contributed by atoms with Gasteiger partial charge >= 0.3 is 6.03 Å². The zero-order valence-corrected chi connectivity index (χ0v) is 13.2. The Morgan fingerprint density at radius 3 is 3.00 bits per heavy atom. The number of fused-ring (bicyclic) bond motifs is 1. The van der Waals surface area contributed by atoms with Crippen LogP contribution in [0.5, 0.6) is 0 Å². The Balaban J connectivity index is 1.61. The molecule has 0 fully saturated rings. The van der Waals surface area contributed by atoms with E-state index in [9.17, 15) is 14.4 Å². The average molecular weight is 330 g/mol. The standard InChI is InChI=1S/C15H14N4O3S/c1-9-4-8-23-11(9)13(20)17-6-7-19-14(21)10-3-2-5-16-12(10)18-15(19)22/h2-5,8,10H,6-7H2,1H3,(H,17,20). The van der Waals surface area contributed by atoms with E-state index in [1.165, 1.54) is 17.6 Å². The van der Waals surface area contributed by atoms with Crippen molar-refractivity contribution in [2.45, 2.75) is 6.92 Å². The van der Waals surface area contributed by atoms with E-state index < -0.39 is 11.9 Å². The number of amides is 4. The number of hydrogen-bond acceptors (Lipinski definition) is 5. The van der Waals surface area contributed by atoms with Gasteiger partial charge in [-0.1, -0.05) is 6.08 Å². The average Bonchev–Trinajstić information content (AvgIpc) is 2.96. The maximum Gasteiger partial charge on any atom is 0.352 e. The number of amidine groups is 1. The molecule has 0 radical (unpaired) electrons. The van der Waals surface area contributed by atoms with Gasteiger partial charge in [0.2, 0.25) is 5.91 Å². The molecule has 0 aliphatic carbocycles. The summed E-state index contributed by atoms with van der Waals surface area (Å²) in [7, 11) is 0. The van der Waals surface area contributed by atoms with E-state index >= 15 is 0 Å². The highest BCUT2D eigenvalue weighted by molar-refractivity contribution is 7.12. The van der Waals surface area contributed by atoms with Crippen molar-refractivity contribution in [2.24, 2.45) is 15.9 Å². The number of aliphatic imine (C=N–C) groups is 2. The highest BCUT2D eigenvalue weighted by atomic mass is 32.1. The Kier molecular flexibility index (Phi) is 4.16. The SMILES string of the molecule is Cc1ccsc1C(=O)NCCN1C(=O)N=C2N=CC=CC2C1=O. The maximum atomic E-state index is 12.3. The summed E-state index contributed by atoms with van der Waals surface area (Å²) in [6.07, 6.45) is 4.80. The second-order valence-corrected chi connectivity index (χ2v) is 5.99. The number of carbonyl (C=O) groups is 3. The molecule has 2 aliphatic heterocycles. The number of imide groups is 1. The normalized spacial score (nSPS) is 19.6. The van der Waals surface area contributed by atoms with Gasteiger partial charge in [0.05, 0.1) is 4.88 Å². The van der Waals surface area contributed by atoms with Crippen molar-refractivity contribution in [2.75, 3.05) is 13.1 Å². The molecular formula is C15H14N4O3S. The van der Waals surface area contributed by atoms with E-state index in [4.69, 9.17) is 0 Å². The molecule has 23 heavy (non-hydrogen) atoms. The lowest BCUT2D eigenvalue weighted by atomic mass is 10.0. The number of allylic oxidation sites excluding steroid dienone is 1. The lowest BCUT2D eigenvalue weighted by molar-refractivity contribution is -0.129. The summed E-state index contributed by atoms with van der Waals surface area (Å²) < 4.78 is 0. The third-order valence-corrected chi connectivity index (χ3v) is 4.55. The van der Waals surface area contributed by atoms with E-state index in [0.29, 0.717) is 4.88 Å². The minimum atomic E-state index is -0.643. The number of dihydropyridines is 1. The quantitative estimate of drug-likeness (QED) is 0.904. The molecule has 1 atom stereocenters. The summed E-state index contributed by atoms with van der Waals surface area (Å²) in [5.41, 5.74) is 0.900. The second-order valence-electron chi connectivity index (χ2n) is 5.07. The fraction of sp³-hybridized carbons (Fsp3) is 0.267. The van der Waals surface area contributed by atoms with Crippen molar-refractivity contribution >= 4 is 41.2 Å². The lowest BCUT2D eigenvalue weighted by Crippen LogP contribution is -2.48. The van der Waals surface area contributed by atoms with Gasteiger partial charge in [-0.15, -0.1) is 11.3 Å². The van der Waals surface area contributed by atoms with Crippen molar-refractivity contribution in [1.82, 2.24) is 10.2 Å². The first kappa shape index (κ1) is 15.3. The zero-order chi connectivity index (χ0) is 16.4. The maximum absolute atomic E-state index is 12.3. The molecule has 1 unspecified atom stereocenters. The number of urea groups is 1. The summed E-state index contributed by atoms with van der Waals surface area (Å²) in [6, 6.07) is 1.22. The lowest BCUT2D eigenvalue weighted by Gasteiger charge is -2.27. The van der Waals surface area contributed by atoms with Crippen LogP contribution in [0.4, 0.5) is 4.79 Å². The molecule has 1 aromatic heterocycles. The molecule has 4 amide bonds. The number of hydrogen-bond donors (Lipinski definition) is 1. The largest absolute Gasteiger partial charge is 0.352 e. The summed E-state index contributed by atoms with van der Waals surface area (Å²) in [4.78, 5) is 45.7. The van der Waals surface area contributed by atoms with Gasteiger partial charge in [0.1, 0.15) is 11.8 Å². The Hall–Kier alpha value is -2.61. The molecule has 7 nitrogen and oxygen atoms in total.